The quantitative estimate of drug-likeness (QED) is 0.334. The molecule has 1 atom stereocenters. The van der Waals surface area contributed by atoms with Gasteiger partial charge in [0.25, 0.3) is 0 Å². The monoisotopic (exact) mass is 445 g/mol. The number of nitrogens with zero attached hydrogens (tertiary/aromatic N) is 2. The Labute approximate surface area is 197 Å². The standard InChI is InChI=1S/C29H23N3O2/c1-19-26(28(33)34-18-20-10-3-2-4-11-20)27(23-15-9-13-21-12-5-6-14-22(21)23)32-25-17-8-7-16-24(25)31-29(32)30-19/h2-17,27H,18H2,1H3,(H,30,31). The number of benzene rings is 4. The molecule has 2 heterocycles. The maximum absolute atomic E-state index is 13.6. The Kier molecular flexibility index (Phi) is 4.88. The number of esters is 1. The van der Waals surface area contributed by atoms with Crippen molar-refractivity contribution >= 4 is 33.7 Å². The summed E-state index contributed by atoms with van der Waals surface area (Å²) in [6.45, 7) is 2.14. The van der Waals surface area contributed by atoms with Gasteiger partial charge in [0, 0.05) is 5.70 Å². The molecule has 0 saturated carbocycles. The number of anilines is 1. The number of carbonyl (C=O) groups is 1. The Bertz CT molecular complexity index is 1560. The number of allylic oxidation sites excluding steroid dienone is 1. The van der Waals surface area contributed by atoms with Gasteiger partial charge in [-0.2, -0.15) is 0 Å². The third-order valence-corrected chi connectivity index (χ3v) is 6.38. The molecule has 0 spiro atoms. The van der Waals surface area contributed by atoms with Crippen LogP contribution < -0.4 is 5.32 Å². The zero-order valence-corrected chi connectivity index (χ0v) is 18.7. The van der Waals surface area contributed by atoms with Crippen molar-refractivity contribution in [3.05, 3.63) is 119 Å². The van der Waals surface area contributed by atoms with Gasteiger partial charge < -0.3 is 10.1 Å². The molecule has 0 fully saturated rings. The Morgan fingerprint density at radius 2 is 1.65 bits per heavy atom. The van der Waals surface area contributed by atoms with Gasteiger partial charge in [0.15, 0.2) is 0 Å². The van der Waals surface area contributed by atoms with Crippen LogP contribution in [0.2, 0.25) is 0 Å². The lowest BCUT2D eigenvalue weighted by atomic mass is 9.91. The number of rotatable bonds is 4. The van der Waals surface area contributed by atoms with Crippen molar-refractivity contribution in [1.29, 1.82) is 0 Å². The first-order valence-electron chi connectivity index (χ1n) is 11.3. The lowest BCUT2D eigenvalue weighted by Crippen LogP contribution is -2.29. The lowest BCUT2D eigenvalue weighted by Gasteiger charge is -2.31. The first-order valence-corrected chi connectivity index (χ1v) is 11.3. The molecule has 5 nitrogen and oxygen atoms in total. The number of imidazole rings is 1. The summed E-state index contributed by atoms with van der Waals surface area (Å²) in [7, 11) is 0. The predicted molar refractivity (Wildman–Crippen MR) is 134 cm³/mol. The number of fused-ring (bicyclic) bond motifs is 4. The number of para-hydroxylation sites is 2. The van der Waals surface area contributed by atoms with Gasteiger partial charge in [-0.15, -0.1) is 0 Å². The summed E-state index contributed by atoms with van der Waals surface area (Å²) >= 11 is 0. The minimum absolute atomic E-state index is 0.218. The molecule has 6 rings (SSSR count). The summed E-state index contributed by atoms with van der Waals surface area (Å²) < 4.78 is 7.95. The second-order valence-electron chi connectivity index (χ2n) is 8.49. The topological polar surface area (TPSA) is 56.2 Å². The van der Waals surface area contributed by atoms with Crippen molar-refractivity contribution < 1.29 is 9.53 Å². The minimum Gasteiger partial charge on any atom is -0.457 e. The maximum atomic E-state index is 13.6. The van der Waals surface area contributed by atoms with Gasteiger partial charge >= 0.3 is 5.97 Å². The van der Waals surface area contributed by atoms with Crippen LogP contribution >= 0.6 is 0 Å². The molecule has 34 heavy (non-hydrogen) atoms. The van der Waals surface area contributed by atoms with E-state index < -0.39 is 0 Å². The van der Waals surface area contributed by atoms with Crippen LogP contribution in [0.4, 0.5) is 5.95 Å². The van der Waals surface area contributed by atoms with E-state index in [1.165, 1.54) is 0 Å². The smallest absolute Gasteiger partial charge is 0.338 e. The average Bonchev–Trinajstić information content (AvgIpc) is 3.24. The van der Waals surface area contributed by atoms with E-state index in [0.29, 0.717) is 5.57 Å². The molecular weight excluding hydrogens is 422 g/mol. The van der Waals surface area contributed by atoms with Crippen molar-refractivity contribution in [3.63, 3.8) is 0 Å². The van der Waals surface area contributed by atoms with E-state index in [-0.39, 0.29) is 18.6 Å². The predicted octanol–water partition coefficient (Wildman–Crippen LogP) is 6.22. The number of nitrogens with one attached hydrogen (secondary N) is 1. The molecule has 1 aliphatic rings. The first kappa shape index (κ1) is 20.2. The Hall–Kier alpha value is -4.38. The minimum atomic E-state index is -0.377. The molecule has 0 saturated heterocycles. The number of hydrogen-bond acceptors (Lipinski definition) is 4. The van der Waals surface area contributed by atoms with Crippen molar-refractivity contribution in [2.75, 3.05) is 5.32 Å². The van der Waals surface area contributed by atoms with Gasteiger partial charge in [0.05, 0.1) is 22.6 Å². The molecule has 1 aromatic heterocycles. The van der Waals surface area contributed by atoms with Crippen LogP contribution in [-0.2, 0) is 16.1 Å². The molecule has 5 heteroatoms. The Balaban J connectivity index is 1.52. The highest BCUT2D eigenvalue weighted by molar-refractivity contribution is 5.96. The fraction of sp³-hybridized carbons (Fsp3) is 0.103. The highest BCUT2D eigenvalue weighted by atomic mass is 16.5. The zero-order valence-electron chi connectivity index (χ0n) is 18.7. The normalized spacial score (nSPS) is 15.3. The molecule has 0 amide bonds. The number of aromatic nitrogens is 2. The van der Waals surface area contributed by atoms with Crippen LogP contribution in [-0.4, -0.2) is 15.5 Å². The van der Waals surface area contributed by atoms with Crippen molar-refractivity contribution in [2.45, 2.75) is 19.6 Å². The maximum Gasteiger partial charge on any atom is 0.338 e. The molecule has 1 N–H and O–H groups in total. The number of carbonyl (C=O) groups excluding carboxylic acids is 1. The molecule has 1 unspecified atom stereocenters. The van der Waals surface area contributed by atoms with Gasteiger partial charge in [-0.3, -0.25) is 4.57 Å². The van der Waals surface area contributed by atoms with E-state index in [1.54, 1.807) is 0 Å². The molecule has 0 bridgehead atoms. The summed E-state index contributed by atoms with van der Waals surface area (Å²) in [5.41, 5.74) is 5.16. The second-order valence-corrected chi connectivity index (χ2v) is 8.49. The highest BCUT2D eigenvalue weighted by Gasteiger charge is 2.35. The van der Waals surface area contributed by atoms with Crippen LogP contribution in [0.5, 0.6) is 0 Å². The molecule has 5 aromatic rings. The summed E-state index contributed by atoms with van der Waals surface area (Å²) in [5, 5.41) is 5.58. The van der Waals surface area contributed by atoms with E-state index in [9.17, 15) is 4.79 Å². The van der Waals surface area contributed by atoms with E-state index in [4.69, 9.17) is 9.72 Å². The summed E-state index contributed by atoms with van der Waals surface area (Å²) in [5.74, 6) is 0.381. The number of hydrogen-bond donors (Lipinski definition) is 1. The van der Waals surface area contributed by atoms with Crippen LogP contribution in [0, 0.1) is 0 Å². The first-order chi connectivity index (χ1) is 16.7. The van der Waals surface area contributed by atoms with Gasteiger partial charge in [0.2, 0.25) is 5.95 Å². The molecule has 0 radical (unpaired) electrons. The largest absolute Gasteiger partial charge is 0.457 e. The molecule has 166 valence electrons. The fourth-order valence-electron chi connectivity index (χ4n) is 4.81. The van der Waals surface area contributed by atoms with Crippen molar-refractivity contribution in [2.24, 2.45) is 0 Å². The van der Waals surface area contributed by atoms with Crippen LogP contribution in [0.1, 0.15) is 24.1 Å². The lowest BCUT2D eigenvalue weighted by molar-refractivity contribution is -0.140. The van der Waals surface area contributed by atoms with E-state index >= 15 is 0 Å². The molecule has 4 aromatic carbocycles. The van der Waals surface area contributed by atoms with Crippen LogP contribution in [0.25, 0.3) is 21.8 Å². The highest BCUT2D eigenvalue weighted by Crippen LogP contribution is 2.41. The van der Waals surface area contributed by atoms with Crippen molar-refractivity contribution in [1.82, 2.24) is 9.55 Å². The van der Waals surface area contributed by atoms with Gasteiger partial charge in [-0.1, -0.05) is 84.9 Å². The van der Waals surface area contributed by atoms with Gasteiger partial charge in [0.1, 0.15) is 6.61 Å². The van der Waals surface area contributed by atoms with Crippen LogP contribution in [0.3, 0.4) is 0 Å². The summed E-state index contributed by atoms with van der Waals surface area (Å²) in [6.07, 6.45) is 0. The summed E-state index contributed by atoms with van der Waals surface area (Å²) in [4.78, 5) is 18.4. The van der Waals surface area contributed by atoms with E-state index in [0.717, 1.165) is 44.6 Å². The third-order valence-electron chi connectivity index (χ3n) is 6.38. The Morgan fingerprint density at radius 3 is 2.53 bits per heavy atom. The van der Waals surface area contributed by atoms with Crippen molar-refractivity contribution in [3.8, 4) is 0 Å². The van der Waals surface area contributed by atoms with Crippen LogP contribution in [0.15, 0.2) is 108 Å². The second kappa shape index (κ2) is 8.19. The van der Waals surface area contributed by atoms with Gasteiger partial charge in [-0.25, -0.2) is 9.78 Å². The summed E-state index contributed by atoms with van der Waals surface area (Å²) in [6, 6.07) is 31.9. The van der Waals surface area contributed by atoms with E-state index in [1.807, 2.05) is 79.7 Å². The molecule has 0 aliphatic carbocycles. The molecular formula is C29H23N3O2. The fourth-order valence-corrected chi connectivity index (χ4v) is 4.81. The zero-order chi connectivity index (χ0) is 23.1. The average molecular weight is 446 g/mol. The number of ether oxygens (including phenoxy) is 1. The molecule has 1 aliphatic heterocycles. The Morgan fingerprint density at radius 1 is 0.912 bits per heavy atom. The third kappa shape index (κ3) is 3.33. The SMILES string of the molecule is CC1=C(C(=O)OCc2ccccc2)C(c2cccc3ccccc23)n2c(nc3ccccc32)N1. The van der Waals surface area contributed by atoms with E-state index in [2.05, 4.69) is 34.1 Å². The van der Waals surface area contributed by atoms with Gasteiger partial charge in [-0.05, 0) is 41.0 Å².